The lowest BCUT2D eigenvalue weighted by Gasteiger charge is -2.19. The molecule has 0 unspecified atom stereocenters. The van der Waals surface area contributed by atoms with Crippen LogP contribution in [-0.2, 0) is 6.54 Å². The van der Waals surface area contributed by atoms with Gasteiger partial charge >= 0.3 is 0 Å². The summed E-state index contributed by atoms with van der Waals surface area (Å²) in [6.07, 6.45) is 2.29. The minimum atomic E-state index is -0.0540. The molecule has 0 spiro atoms. The molecule has 1 aromatic carbocycles. The molecule has 122 valence electrons. The fourth-order valence-electron chi connectivity index (χ4n) is 2.57. The van der Waals surface area contributed by atoms with E-state index in [4.69, 9.17) is 0 Å². The first-order valence-electron chi connectivity index (χ1n) is 8.10. The Balaban J connectivity index is 2.02. The topological polar surface area (TPSA) is 55.2 Å². The second-order valence-corrected chi connectivity index (χ2v) is 6.73. The summed E-state index contributed by atoms with van der Waals surface area (Å²) in [5.74, 6) is 0.540. The largest absolute Gasteiger partial charge is 0.334 e. The number of hydrogen-bond acceptors (Lipinski definition) is 4. The molecule has 6 heteroatoms. The van der Waals surface area contributed by atoms with Crippen molar-refractivity contribution in [1.82, 2.24) is 14.5 Å². The normalized spacial score (nSPS) is 14.2. The predicted octanol–water partition coefficient (Wildman–Crippen LogP) is 3.36. The van der Waals surface area contributed by atoms with Crippen LogP contribution in [0.25, 0.3) is 10.9 Å². The van der Waals surface area contributed by atoms with Crippen molar-refractivity contribution in [1.29, 1.82) is 0 Å². The lowest BCUT2D eigenvalue weighted by Crippen LogP contribution is -2.29. The standard InChI is InChI=1S/C17H21N3O2S/c1-3-19(4-2)17(22)23-16-18-14-8-6-5-7-13(14)15(21)20(16)11-12-9-10-12/h5-8,12H,3-4,9-11H2,1-2H3. The SMILES string of the molecule is CCN(CC)C(=O)Sc1nc2ccccc2c(=O)n1CC1CC1. The Morgan fingerprint density at radius 2 is 2.00 bits per heavy atom. The van der Waals surface area contributed by atoms with E-state index < -0.39 is 0 Å². The number of amides is 1. The fourth-order valence-corrected chi connectivity index (χ4v) is 3.52. The molecule has 1 aliphatic carbocycles. The first kappa shape index (κ1) is 16.1. The molecule has 1 heterocycles. The molecule has 1 aliphatic rings. The summed E-state index contributed by atoms with van der Waals surface area (Å²) in [7, 11) is 0. The van der Waals surface area contributed by atoms with Gasteiger partial charge in [0.15, 0.2) is 5.16 Å². The van der Waals surface area contributed by atoms with E-state index in [1.165, 1.54) is 0 Å². The van der Waals surface area contributed by atoms with Crippen LogP contribution >= 0.6 is 11.8 Å². The van der Waals surface area contributed by atoms with Crippen molar-refractivity contribution in [3.8, 4) is 0 Å². The molecule has 0 atom stereocenters. The number of benzene rings is 1. The number of carbonyl (C=O) groups excluding carboxylic acids is 1. The maximum absolute atomic E-state index is 12.8. The predicted molar refractivity (Wildman–Crippen MR) is 92.9 cm³/mol. The highest BCUT2D eigenvalue weighted by atomic mass is 32.2. The molecule has 0 radical (unpaired) electrons. The molecule has 1 fully saturated rings. The Kier molecular flexibility index (Phi) is 4.71. The third-order valence-corrected chi connectivity index (χ3v) is 5.09. The maximum Gasteiger partial charge on any atom is 0.289 e. The Labute approximate surface area is 139 Å². The zero-order valence-electron chi connectivity index (χ0n) is 13.5. The van der Waals surface area contributed by atoms with Crippen LogP contribution in [0.4, 0.5) is 4.79 Å². The van der Waals surface area contributed by atoms with Gasteiger partial charge in [-0.1, -0.05) is 12.1 Å². The highest BCUT2D eigenvalue weighted by molar-refractivity contribution is 8.13. The van der Waals surface area contributed by atoms with Crippen LogP contribution in [0.5, 0.6) is 0 Å². The number of rotatable bonds is 5. The summed E-state index contributed by atoms with van der Waals surface area (Å²) in [5.41, 5.74) is 0.608. The first-order valence-corrected chi connectivity index (χ1v) is 8.92. The Hall–Kier alpha value is -1.82. The quantitative estimate of drug-likeness (QED) is 0.623. The second-order valence-electron chi connectivity index (χ2n) is 5.81. The maximum atomic E-state index is 12.8. The van der Waals surface area contributed by atoms with E-state index in [2.05, 4.69) is 4.98 Å². The molecule has 1 amide bonds. The third-order valence-electron chi connectivity index (χ3n) is 4.16. The van der Waals surface area contributed by atoms with Crippen LogP contribution in [0.2, 0.25) is 0 Å². The van der Waals surface area contributed by atoms with Crippen molar-refractivity contribution in [3.63, 3.8) is 0 Å². The zero-order chi connectivity index (χ0) is 16.4. The van der Waals surface area contributed by atoms with E-state index in [0.717, 1.165) is 24.6 Å². The highest BCUT2D eigenvalue weighted by Gasteiger charge is 2.25. The molecule has 5 nitrogen and oxygen atoms in total. The summed E-state index contributed by atoms with van der Waals surface area (Å²) < 4.78 is 1.69. The van der Waals surface area contributed by atoms with Gasteiger partial charge in [0.05, 0.1) is 10.9 Å². The summed E-state index contributed by atoms with van der Waals surface area (Å²) in [6, 6.07) is 7.33. The van der Waals surface area contributed by atoms with Gasteiger partial charge in [-0.15, -0.1) is 0 Å². The van der Waals surface area contributed by atoms with Crippen molar-refractivity contribution < 1.29 is 4.79 Å². The van der Waals surface area contributed by atoms with Gasteiger partial charge in [0, 0.05) is 31.4 Å². The van der Waals surface area contributed by atoms with E-state index in [1.54, 1.807) is 15.5 Å². The second kappa shape index (κ2) is 6.74. The van der Waals surface area contributed by atoms with E-state index in [0.29, 0.717) is 41.6 Å². The van der Waals surface area contributed by atoms with Crippen molar-refractivity contribution in [3.05, 3.63) is 34.6 Å². The summed E-state index contributed by atoms with van der Waals surface area (Å²) in [6.45, 7) is 5.87. The number of para-hydroxylation sites is 1. The lowest BCUT2D eigenvalue weighted by molar-refractivity contribution is 0.228. The van der Waals surface area contributed by atoms with Crippen LogP contribution < -0.4 is 5.56 Å². The van der Waals surface area contributed by atoms with Gasteiger partial charge in [-0.3, -0.25) is 14.2 Å². The zero-order valence-corrected chi connectivity index (χ0v) is 14.3. The van der Waals surface area contributed by atoms with Gasteiger partial charge in [-0.25, -0.2) is 4.98 Å². The van der Waals surface area contributed by atoms with E-state index in [9.17, 15) is 9.59 Å². The van der Waals surface area contributed by atoms with Crippen LogP contribution in [-0.4, -0.2) is 32.8 Å². The fraction of sp³-hybridized carbons (Fsp3) is 0.471. The van der Waals surface area contributed by atoms with Gasteiger partial charge in [0.25, 0.3) is 10.8 Å². The van der Waals surface area contributed by atoms with Gasteiger partial charge in [-0.2, -0.15) is 0 Å². The minimum Gasteiger partial charge on any atom is -0.334 e. The Bertz CT molecular complexity index is 779. The highest BCUT2D eigenvalue weighted by Crippen LogP contribution is 2.32. The average molecular weight is 331 g/mol. The van der Waals surface area contributed by atoms with Crippen LogP contribution in [0.15, 0.2) is 34.2 Å². The monoisotopic (exact) mass is 331 g/mol. The molecule has 3 rings (SSSR count). The summed E-state index contributed by atoms with van der Waals surface area (Å²) >= 11 is 1.07. The average Bonchev–Trinajstić information content (AvgIpc) is 3.36. The van der Waals surface area contributed by atoms with Gasteiger partial charge in [0.1, 0.15) is 0 Å². The molecular weight excluding hydrogens is 310 g/mol. The number of nitrogens with zero attached hydrogens (tertiary/aromatic N) is 3. The molecule has 1 saturated carbocycles. The molecule has 2 aromatic rings. The number of fused-ring (bicyclic) bond motifs is 1. The third kappa shape index (κ3) is 3.42. The van der Waals surface area contributed by atoms with E-state index in [-0.39, 0.29) is 10.8 Å². The lowest BCUT2D eigenvalue weighted by atomic mass is 10.2. The van der Waals surface area contributed by atoms with Crippen LogP contribution in [0, 0.1) is 5.92 Å². The van der Waals surface area contributed by atoms with Crippen molar-refractivity contribution in [2.75, 3.05) is 13.1 Å². The smallest absolute Gasteiger partial charge is 0.289 e. The molecular formula is C17H21N3O2S. The number of hydrogen-bond donors (Lipinski definition) is 0. The molecule has 0 saturated heterocycles. The van der Waals surface area contributed by atoms with Crippen LogP contribution in [0.1, 0.15) is 26.7 Å². The number of carbonyl (C=O) groups is 1. The van der Waals surface area contributed by atoms with Crippen LogP contribution in [0.3, 0.4) is 0 Å². The van der Waals surface area contributed by atoms with Crippen molar-refractivity contribution >= 4 is 27.9 Å². The van der Waals surface area contributed by atoms with Gasteiger partial charge < -0.3 is 4.90 Å². The van der Waals surface area contributed by atoms with E-state index >= 15 is 0 Å². The molecule has 0 aliphatic heterocycles. The molecule has 0 bridgehead atoms. The van der Waals surface area contributed by atoms with E-state index in [1.807, 2.05) is 32.0 Å². The number of aromatic nitrogens is 2. The first-order chi connectivity index (χ1) is 11.1. The molecule has 0 N–H and O–H groups in total. The van der Waals surface area contributed by atoms with Gasteiger partial charge in [-0.05, 0) is 44.7 Å². The molecule has 1 aromatic heterocycles. The van der Waals surface area contributed by atoms with Crippen molar-refractivity contribution in [2.45, 2.75) is 38.4 Å². The molecule has 23 heavy (non-hydrogen) atoms. The summed E-state index contributed by atoms with van der Waals surface area (Å²) in [4.78, 5) is 31.5. The Morgan fingerprint density at radius 3 is 2.65 bits per heavy atom. The van der Waals surface area contributed by atoms with Gasteiger partial charge in [0.2, 0.25) is 0 Å². The Morgan fingerprint density at radius 1 is 1.30 bits per heavy atom. The minimum absolute atomic E-state index is 0.0441. The summed E-state index contributed by atoms with van der Waals surface area (Å²) in [5, 5.41) is 1.08. The van der Waals surface area contributed by atoms with Crippen molar-refractivity contribution in [2.24, 2.45) is 5.92 Å². The number of thioether (sulfide) groups is 1.